The lowest BCUT2D eigenvalue weighted by atomic mass is 10.1. The Morgan fingerprint density at radius 2 is 2.17 bits per heavy atom. The topological polar surface area (TPSA) is 61.6 Å². The zero-order valence-corrected chi connectivity index (χ0v) is 11.4. The Balaban J connectivity index is 1.96. The molecule has 0 saturated heterocycles. The second kappa shape index (κ2) is 6.20. The van der Waals surface area contributed by atoms with E-state index in [4.69, 9.17) is 15.2 Å². The van der Waals surface area contributed by atoms with Crippen LogP contribution in [-0.2, 0) is 10.8 Å². The van der Waals surface area contributed by atoms with Gasteiger partial charge in [0, 0.05) is 28.3 Å². The van der Waals surface area contributed by atoms with Gasteiger partial charge in [-0.05, 0) is 24.1 Å². The molecule has 1 aromatic carbocycles. The maximum atomic E-state index is 11.8. The van der Waals surface area contributed by atoms with Crippen LogP contribution in [0.15, 0.2) is 18.2 Å². The smallest absolute Gasteiger partial charge is 0.231 e. The molecule has 2 rings (SSSR count). The van der Waals surface area contributed by atoms with E-state index in [1.807, 2.05) is 18.2 Å². The van der Waals surface area contributed by atoms with Gasteiger partial charge >= 0.3 is 0 Å². The molecule has 1 aliphatic rings. The monoisotopic (exact) mass is 269 g/mol. The van der Waals surface area contributed by atoms with Crippen molar-refractivity contribution in [2.24, 2.45) is 5.73 Å². The van der Waals surface area contributed by atoms with Crippen LogP contribution in [0.1, 0.15) is 31.4 Å². The van der Waals surface area contributed by atoms with E-state index < -0.39 is 10.8 Å². The van der Waals surface area contributed by atoms with Gasteiger partial charge in [0.15, 0.2) is 11.5 Å². The summed E-state index contributed by atoms with van der Waals surface area (Å²) in [6.45, 7) is 2.35. The maximum absolute atomic E-state index is 11.8. The molecule has 0 aromatic heterocycles. The van der Waals surface area contributed by atoms with Gasteiger partial charge in [0.25, 0.3) is 0 Å². The van der Waals surface area contributed by atoms with Gasteiger partial charge in [0.1, 0.15) is 0 Å². The first-order chi connectivity index (χ1) is 8.70. The van der Waals surface area contributed by atoms with E-state index in [9.17, 15) is 4.21 Å². The highest BCUT2D eigenvalue weighted by Crippen LogP contribution is 2.33. The van der Waals surface area contributed by atoms with Gasteiger partial charge in [0.2, 0.25) is 6.79 Å². The highest BCUT2D eigenvalue weighted by molar-refractivity contribution is 7.85. The number of hydrogen-bond donors (Lipinski definition) is 1. The summed E-state index contributed by atoms with van der Waals surface area (Å²) in [6.07, 6.45) is 2.05. The molecule has 0 amide bonds. The molecular formula is C13H19NO3S. The van der Waals surface area contributed by atoms with Crippen LogP contribution in [0.25, 0.3) is 0 Å². The van der Waals surface area contributed by atoms with Crippen LogP contribution in [0.2, 0.25) is 0 Å². The number of benzene rings is 1. The van der Waals surface area contributed by atoms with E-state index in [-0.39, 0.29) is 12.8 Å². The van der Waals surface area contributed by atoms with Crippen molar-refractivity contribution >= 4 is 10.8 Å². The van der Waals surface area contributed by atoms with Crippen molar-refractivity contribution in [2.45, 2.75) is 25.8 Å². The van der Waals surface area contributed by atoms with Gasteiger partial charge in [-0.25, -0.2) is 0 Å². The predicted molar refractivity (Wildman–Crippen MR) is 72.3 cm³/mol. The third-order valence-electron chi connectivity index (χ3n) is 2.92. The third kappa shape index (κ3) is 3.23. The molecule has 2 atom stereocenters. The Bertz CT molecular complexity index is 436. The number of rotatable bonds is 6. The Morgan fingerprint density at radius 1 is 1.39 bits per heavy atom. The lowest BCUT2D eigenvalue weighted by Gasteiger charge is -2.12. The molecule has 0 spiro atoms. The molecule has 1 aliphatic heterocycles. The minimum atomic E-state index is -0.846. The first kappa shape index (κ1) is 13.4. The van der Waals surface area contributed by atoms with E-state index in [0.717, 1.165) is 35.7 Å². The molecular weight excluding hydrogens is 250 g/mol. The molecule has 1 heterocycles. The van der Waals surface area contributed by atoms with Crippen molar-refractivity contribution in [1.82, 2.24) is 0 Å². The highest BCUT2D eigenvalue weighted by Gasteiger charge is 2.17. The van der Waals surface area contributed by atoms with Gasteiger partial charge in [-0.15, -0.1) is 0 Å². The summed E-state index contributed by atoms with van der Waals surface area (Å²) >= 11 is 0. The van der Waals surface area contributed by atoms with Gasteiger partial charge in [-0.3, -0.25) is 4.21 Å². The lowest BCUT2D eigenvalue weighted by molar-refractivity contribution is 0.174. The van der Waals surface area contributed by atoms with Crippen molar-refractivity contribution in [3.63, 3.8) is 0 Å². The van der Waals surface area contributed by atoms with Crippen molar-refractivity contribution in [1.29, 1.82) is 0 Å². The summed E-state index contributed by atoms with van der Waals surface area (Å²) in [5.74, 6) is 2.70. The minimum absolute atomic E-state index is 0.211. The van der Waals surface area contributed by atoms with Crippen LogP contribution in [0, 0.1) is 0 Å². The summed E-state index contributed by atoms with van der Waals surface area (Å²) in [6, 6.07) is 5.43. The van der Waals surface area contributed by atoms with E-state index in [1.54, 1.807) is 0 Å². The maximum Gasteiger partial charge on any atom is 0.231 e. The summed E-state index contributed by atoms with van der Waals surface area (Å²) in [4.78, 5) is 0. The molecule has 2 unspecified atom stereocenters. The van der Waals surface area contributed by atoms with Gasteiger partial charge in [0.05, 0.1) is 0 Å². The van der Waals surface area contributed by atoms with E-state index in [0.29, 0.717) is 5.75 Å². The normalized spacial score (nSPS) is 16.6. The van der Waals surface area contributed by atoms with E-state index in [1.165, 1.54) is 0 Å². The summed E-state index contributed by atoms with van der Waals surface area (Å²) < 4.78 is 22.3. The fourth-order valence-electron chi connectivity index (χ4n) is 1.83. The molecule has 2 N–H and O–H groups in total. The Kier molecular flexibility index (Phi) is 4.60. The standard InChI is InChI=1S/C13H19NO3S/c1-2-3-6-18(15)8-11(14)10-4-5-12-13(7-10)17-9-16-12/h4-5,7,11H,2-3,6,8-9,14H2,1H3. The van der Waals surface area contributed by atoms with Crippen LogP contribution < -0.4 is 15.2 Å². The molecule has 100 valence electrons. The highest BCUT2D eigenvalue weighted by atomic mass is 32.2. The molecule has 1 aromatic rings. The molecule has 0 saturated carbocycles. The second-order valence-corrected chi connectivity index (χ2v) is 6.00. The van der Waals surface area contributed by atoms with Crippen LogP contribution in [0.3, 0.4) is 0 Å². The van der Waals surface area contributed by atoms with Crippen molar-refractivity contribution in [3.05, 3.63) is 23.8 Å². The quantitative estimate of drug-likeness (QED) is 0.857. The largest absolute Gasteiger partial charge is 0.454 e. The van der Waals surface area contributed by atoms with Gasteiger partial charge in [-0.1, -0.05) is 19.4 Å². The molecule has 0 bridgehead atoms. The average molecular weight is 269 g/mol. The van der Waals surface area contributed by atoms with Crippen LogP contribution in [0.5, 0.6) is 11.5 Å². The Labute approximate surface area is 110 Å². The number of nitrogens with two attached hydrogens (primary N) is 1. The molecule has 18 heavy (non-hydrogen) atoms. The van der Waals surface area contributed by atoms with Crippen LogP contribution >= 0.6 is 0 Å². The predicted octanol–water partition coefficient (Wildman–Crippen LogP) is 1.96. The number of hydrogen-bond acceptors (Lipinski definition) is 4. The Hall–Kier alpha value is -1.07. The van der Waals surface area contributed by atoms with Crippen LogP contribution in [0.4, 0.5) is 0 Å². The fourth-order valence-corrected chi connectivity index (χ4v) is 3.20. The average Bonchev–Trinajstić information content (AvgIpc) is 2.83. The van der Waals surface area contributed by atoms with Gasteiger partial charge < -0.3 is 15.2 Å². The number of unbranched alkanes of at least 4 members (excludes halogenated alkanes) is 1. The molecule has 5 heteroatoms. The zero-order chi connectivity index (χ0) is 13.0. The van der Waals surface area contributed by atoms with Gasteiger partial charge in [-0.2, -0.15) is 0 Å². The fraction of sp³-hybridized carbons (Fsp3) is 0.538. The molecule has 0 fully saturated rings. The second-order valence-electron chi connectivity index (χ2n) is 4.38. The zero-order valence-electron chi connectivity index (χ0n) is 10.6. The first-order valence-electron chi connectivity index (χ1n) is 6.21. The lowest BCUT2D eigenvalue weighted by Crippen LogP contribution is -2.19. The number of ether oxygens (including phenoxy) is 2. The Morgan fingerprint density at radius 3 is 2.94 bits per heavy atom. The minimum Gasteiger partial charge on any atom is -0.454 e. The van der Waals surface area contributed by atoms with E-state index >= 15 is 0 Å². The summed E-state index contributed by atoms with van der Waals surface area (Å²) in [7, 11) is -0.846. The third-order valence-corrected chi connectivity index (χ3v) is 4.39. The first-order valence-corrected chi connectivity index (χ1v) is 7.69. The van der Waals surface area contributed by atoms with E-state index in [2.05, 4.69) is 6.92 Å². The molecule has 0 aliphatic carbocycles. The molecule has 0 radical (unpaired) electrons. The summed E-state index contributed by atoms with van der Waals surface area (Å²) in [5, 5.41) is 0. The summed E-state index contributed by atoms with van der Waals surface area (Å²) in [5.41, 5.74) is 7.02. The SMILES string of the molecule is CCCCS(=O)CC(N)c1ccc2c(c1)OCO2. The van der Waals surface area contributed by atoms with Crippen molar-refractivity contribution in [3.8, 4) is 11.5 Å². The number of fused-ring (bicyclic) bond motifs is 1. The molecule has 4 nitrogen and oxygen atoms in total. The van der Waals surface area contributed by atoms with Crippen molar-refractivity contribution < 1.29 is 13.7 Å². The van der Waals surface area contributed by atoms with Crippen molar-refractivity contribution in [2.75, 3.05) is 18.3 Å². The van der Waals surface area contributed by atoms with Crippen LogP contribution in [-0.4, -0.2) is 22.5 Å².